The van der Waals surface area contributed by atoms with Crippen LogP contribution in [0.25, 0.3) is 47.0 Å². The number of allylic oxidation sites excluding steroid dienone is 1. The molecule has 2 aromatic heterocycles. The second-order valence-electron chi connectivity index (χ2n) is 21.3. The zero-order valence-electron chi connectivity index (χ0n) is 39.9. The van der Waals surface area contributed by atoms with Crippen LogP contribution in [0.2, 0.25) is 0 Å². The molecule has 0 unspecified atom stereocenters. The third-order valence-electron chi connectivity index (χ3n) is 14.9. The molecule has 330 valence electrons. The number of hydrogen-bond donors (Lipinski definition) is 0. The van der Waals surface area contributed by atoms with Crippen molar-refractivity contribution < 1.29 is 0 Å². The summed E-state index contributed by atoms with van der Waals surface area (Å²) in [6.45, 7) is 16.4. The standard InChI is InChI=1S/C63H53BN2S2/c1-38-34-53-61-54(35-38)66(44-30-24-40(25-31-44)46-17-13-21-58-60(46)48-15-9-11-19-56(48)68-58)52-37-42(63(5,6)7)26-32-49(52)64(61)50-36-41(62(2,3)4)27-33-51(50)65(53)43-28-22-39(23-29-43)45-16-12-20-57-59(45)47-14-8-10-18-55(47)67-57/h8-11,13-19,21-37H,12,20H2,1-7H3. The molecule has 0 saturated carbocycles. The van der Waals surface area contributed by atoms with E-state index in [1.807, 2.05) is 22.7 Å². The van der Waals surface area contributed by atoms with Crippen LogP contribution in [-0.2, 0) is 17.3 Å². The highest BCUT2D eigenvalue weighted by atomic mass is 32.1. The summed E-state index contributed by atoms with van der Waals surface area (Å²) in [4.78, 5) is 6.65. The number of anilines is 6. The lowest BCUT2D eigenvalue weighted by atomic mass is 9.33. The van der Waals surface area contributed by atoms with Gasteiger partial charge in [0.05, 0.1) is 0 Å². The third kappa shape index (κ3) is 6.42. The molecule has 2 nitrogen and oxygen atoms in total. The first kappa shape index (κ1) is 41.5. The van der Waals surface area contributed by atoms with Crippen molar-refractivity contribution >= 4 is 116 Å². The van der Waals surface area contributed by atoms with E-state index in [9.17, 15) is 0 Å². The summed E-state index contributed by atoms with van der Waals surface area (Å²) in [5.41, 5.74) is 21.9. The zero-order chi connectivity index (χ0) is 46.2. The quantitative estimate of drug-likeness (QED) is 0.162. The van der Waals surface area contributed by atoms with Gasteiger partial charge in [0.25, 0.3) is 6.71 Å². The van der Waals surface area contributed by atoms with Crippen LogP contribution < -0.4 is 26.2 Å². The van der Waals surface area contributed by atoms with Crippen molar-refractivity contribution in [1.29, 1.82) is 0 Å². The molecule has 68 heavy (non-hydrogen) atoms. The molecule has 0 saturated heterocycles. The molecule has 13 rings (SSSR count). The molecule has 0 atom stereocenters. The Hall–Kier alpha value is -6.66. The van der Waals surface area contributed by atoms with E-state index in [0.717, 1.165) is 12.8 Å². The monoisotopic (exact) mass is 912 g/mol. The Morgan fingerprint density at radius 3 is 1.81 bits per heavy atom. The summed E-state index contributed by atoms with van der Waals surface area (Å²) in [6, 6.07) is 63.0. The van der Waals surface area contributed by atoms with Gasteiger partial charge >= 0.3 is 0 Å². The Labute approximate surface area is 408 Å². The van der Waals surface area contributed by atoms with Crippen LogP contribution in [0.15, 0.2) is 170 Å². The number of hydrogen-bond acceptors (Lipinski definition) is 4. The van der Waals surface area contributed by atoms with Gasteiger partial charge in [0.1, 0.15) is 0 Å². The first-order valence-corrected chi connectivity index (χ1v) is 25.9. The summed E-state index contributed by atoms with van der Waals surface area (Å²) in [7, 11) is 0. The van der Waals surface area contributed by atoms with E-state index in [1.54, 1.807) is 0 Å². The lowest BCUT2D eigenvalue weighted by molar-refractivity contribution is 0.590. The topological polar surface area (TPSA) is 6.48 Å². The van der Waals surface area contributed by atoms with E-state index < -0.39 is 0 Å². The van der Waals surface area contributed by atoms with Crippen LogP contribution in [0.3, 0.4) is 0 Å². The van der Waals surface area contributed by atoms with Gasteiger partial charge in [-0.25, -0.2) is 0 Å². The van der Waals surface area contributed by atoms with E-state index >= 15 is 0 Å². The Morgan fingerprint density at radius 2 is 1.10 bits per heavy atom. The van der Waals surface area contributed by atoms with Crippen molar-refractivity contribution in [3.63, 3.8) is 0 Å². The van der Waals surface area contributed by atoms with E-state index in [1.165, 1.54) is 130 Å². The second-order valence-corrected chi connectivity index (χ2v) is 23.5. The first-order chi connectivity index (χ1) is 32.9. The third-order valence-corrected chi connectivity index (χ3v) is 17.2. The molecule has 0 fully saturated rings. The maximum Gasteiger partial charge on any atom is 0.252 e. The van der Waals surface area contributed by atoms with Crippen LogP contribution in [0.4, 0.5) is 34.1 Å². The summed E-state index contributed by atoms with van der Waals surface area (Å²) in [5, 5.41) is 4.05. The van der Waals surface area contributed by atoms with Crippen LogP contribution in [0.5, 0.6) is 0 Å². The van der Waals surface area contributed by atoms with E-state index in [0.29, 0.717) is 0 Å². The van der Waals surface area contributed by atoms with Crippen molar-refractivity contribution in [2.45, 2.75) is 72.1 Å². The van der Waals surface area contributed by atoms with Gasteiger partial charge in [-0.15, -0.1) is 22.7 Å². The van der Waals surface area contributed by atoms with Gasteiger partial charge in [-0.05, 0) is 153 Å². The Balaban J connectivity index is 0.999. The largest absolute Gasteiger partial charge is 0.311 e. The first-order valence-electron chi connectivity index (χ1n) is 24.2. The molecule has 0 N–H and O–H groups in total. The summed E-state index contributed by atoms with van der Waals surface area (Å²) in [5.74, 6) is 0. The predicted molar refractivity (Wildman–Crippen MR) is 298 cm³/mol. The fourth-order valence-corrected chi connectivity index (χ4v) is 13.9. The minimum atomic E-state index is -0.0246. The van der Waals surface area contributed by atoms with Gasteiger partial charge in [0.2, 0.25) is 0 Å². The smallest absolute Gasteiger partial charge is 0.252 e. The van der Waals surface area contributed by atoms with E-state index in [-0.39, 0.29) is 17.5 Å². The minimum absolute atomic E-state index is 0.0166. The molecule has 0 bridgehead atoms. The molecule has 0 radical (unpaired) electrons. The Kier molecular flexibility index (Phi) is 9.27. The number of benzene rings is 8. The van der Waals surface area contributed by atoms with Crippen molar-refractivity contribution in [2.75, 3.05) is 9.80 Å². The van der Waals surface area contributed by atoms with Gasteiger partial charge in [-0.2, -0.15) is 0 Å². The van der Waals surface area contributed by atoms with Crippen LogP contribution in [0.1, 0.15) is 80.7 Å². The maximum atomic E-state index is 2.58. The molecule has 0 amide bonds. The number of fused-ring (bicyclic) bond motifs is 10. The molecule has 2 aliphatic heterocycles. The van der Waals surface area contributed by atoms with Crippen LogP contribution >= 0.6 is 22.7 Å². The molecule has 8 aromatic carbocycles. The normalized spacial score (nSPS) is 14.3. The van der Waals surface area contributed by atoms with Crippen molar-refractivity contribution in [3.8, 4) is 11.1 Å². The Bertz CT molecular complexity index is 3720. The van der Waals surface area contributed by atoms with Gasteiger partial charge in [0.15, 0.2) is 0 Å². The fourth-order valence-electron chi connectivity index (χ4n) is 11.5. The molecule has 0 spiro atoms. The van der Waals surface area contributed by atoms with Crippen molar-refractivity contribution in [3.05, 3.63) is 203 Å². The number of nitrogens with zero attached hydrogens (tertiary/aromatic N) is 2. The summed E-state index contributed by atoms with van der Waals surface area (Å²) < 4.78 is 4.04. The Morgan fingerprint density at radius 1 is 0.500 bits per heavy atom. The van der Waals surface area contributed by atoms with Gasteiger partial charge in [-0.1, -0.05) is 145 Å². The van der Waals surface area contributed by atoms with Crippen molar-refractivity contribution in [2.24, 2.45) is 0 Å². The van der Waals surface area contributed by atoms with Gasteiger partial charge < -0.3 is 9.80 Å². The lowest BCUT2D eigenvalue weighted by Crippen LogP contribution is -2.61. The molecular formula is C63H53BN2S2. The highest BCUT2D eigenvalue weighted by Crippen LogP contribution is 2.48. The molecule has 10 aromatic rings. The SMILES string of the molecule is Cc1cc2c3c(c1)N(c1ccc(-c4cccc5sc6ccccc6c45)cc1)c1cc(C(C)(C)C)ccc1B3c1cc(C(C)(C)C)ccc1N2c1ccc(C2=CCCc3sc4ccccc4c32)cc1. The average Bonchev–Trinajstić information content (AvgIpc) is 3.92. The molecule has 4 heterocycles. The number of rotatable bonds is 4. The number of aryl methyl sites for hydroxylation is 2. The predicted octanol–water partition coefficient (Wildman–Crippen LogP) is 16.3. The van der Waals surface area contributed by atoms with E-state index in [4.69, 9.17) is 0 Å². The van der Waals surface area contributed by atoms with Crippen LogP contribution in [-0.4, -0.2) is 6.71 Å². The second kappa shape index (κ2) is 15.2. The highest BCUT2D eigenvalue weighted by molar-refractivity contribution is 7.26. The van der Waals surface area contributed by atoms with Gasteiger partial charge in [-0.3, -0.25) is 0 Å². The lowest BCUT2D eigenvalue weighted by Gasteiger charge is -2.45. The highest BCUT2D eigenvalue weighted by Gasteiger charge is 2.44. The molecule has 3 aliphatic rings. The fraction of sp³-hybridized carbons (Fsp3) is 0.175. The average molecular weight is 913 g/mol. The molecule has 1 aliphatic carbocycles. The summed E-state index contributed by atoms with van der Waals surface area (Å²) in [6.07, 6.45) is 4.65. The van der Waals surface area contributed by atoms with Crippen LogP contribution in [0, 0.1) is 6.92 Å². The zero-order valence-corrected chi connectivity index (χ0v) is 41.5. The van der Waals surface area contributed by atoms with E-state index in [2.05, 4.69) is 228 Å². The molecule has 5 heteroatoms. The molecular weight excluding hydrogens is 860 g/mol. The minimum Gasteiger partial charge on any atom is -0.311 e. The summed E-state index contributed by atoms with van der Waals surface area (Å²) >= 11 is 3.85. The van der Waals surface area contributed by atoms with Crippen molar-refractivity contribution in [1.82, 2.24) is 0 Å². The maximum absolute atomic E-state index is 2.58. The van der Waals surface area contributed by atoms with Gasteiger partial charge in [0, 0.05) is 74.8 Å². The number of thiophene rings is 2.